The summed E-state index contributed by atoms with van der Waals surface area (Å²) >= 11 is 0. The third-order valence-electron chi connectivity index (χ3n) is 3.53. The van der Waals surface area contributed by atoms with Crippen LogP contribution in [0.25, 0.3) is 0 Å². The molecule has 0 radical (unpaired) electrons. The van der Waals surface area contributed by atoms with Gasteiger partial charge < -0.3 is 10.1 Å². The van der Waals surface area contributed by atoms with Crippen molar-refractivity contribution in [2.75, 3.05) is 7.11 Å². The molecular weight excluding hydrogens is 242 g/mol. The van der Waals surface area contributed by atoms with Crippen LogP contribution in [0.15, 0.2) is 11.6 Å². The first-order valence-corrected chi connectivity index (χ1v) is 7.03. The number of hydrogen-bond acceptors (Lipinski definition) is 3. The van der Waals surface area contributed by atoms with E-state index < -0.39 is 6.04 Å². The van der Waals surface area contributed by atoms with Gasteiger partial charge in [-0.3, -0.25) is 4.79 Å². The molecule has 1 aliphatic rings. The van der Waals surface area contributed by atoms with Crippen LogP contribution in [0.1, 0.15) is 52.4 Å². The number of esters is 1. The standard InChI is InChI=1S/C15H25NO3/c1-11(2)8-9-13(15(18)19-3)16-14(17)10-12-6-4-5-7-12/h8,12-13H,4-7,9-10H2,1-3H3,(H,16,17)/t13-/m1/s1. The second-order valence-corrected chi connectivity index (χ2v) is 5.52. The molecule has 0 aliphatic heterocycles. The Morgan fingerprint density at radius 2 is 1.95 bits per heavy atom. The summed E-state index contributed by atoms with van der Waals surface area (Å²) in [7, 11) is 1.35. The van der Waals surface area contributed by atoms with Crippen molar-refractivity contribution in [2.45, 2.75) is 58.4 Å². The molecule has 0 unspecified atom stereocenters. The molecule has 108 valence electrons. The second-order valence-electron chi connectivity index (χ2n) is 5.52. The molecular formula is C15H25NO3. The van der Waals surface area contributed by atoms with Crippen LogP contribution in [0, 0.1) is 5.92 Å². The van der Waals surface area contributed by atoms with Crippen molar-refractivity contribution in [1.82, 2.24) is 5.32 Å². The van der Waals surface area contributed by atoms with Crippen LogP contribution in [0.2, 0.25) is 0 Å². The zero-order chi connectivity index (χ0) is 14.3. The maximum Gasteiger partial charge on any atom is 0.328 e. The minimum atomic E-state index is -0.561. The maximum atomic E-state index is 11.9. The van der Waals surface area contributed by atoms with Crippen LogP contribution in [0.5, 0.6) is 0 Å². The predicted octanol–water partition coefficient (Wildman–Crippen LogP) is 2.58. The average molecular weight is 267 g/mol. The lowest BCUT2D eigenvalue weighted by atomic mass is 10.0. The first kappa shape index (κ1) is 15.7. The van der Waals surface area contributed by atoms with Gasteiger partial charge in [0.2, 0.25) is 5.91 Å². The van der Waals surface area contributed by atoms with E-state index >= 15 is 0 Å². The first-order chi connectivity index (χ1) is 9.02. The van der Waals surface area contributed by atoms with Gasteiger partial charge >= 0.3 is 5.97 Å². The highest BCUT2D eigenvalue weighted by molar-refractivity contribution is 5.84. The minimum Gasteiger partial charge on any atom is -0.467 e. The highest BCUT2D eigenvalue weighted by Crippen LogP contribution is 2.27. The normalized spacial score (nSPS) is 16.8. The van der Waals surface area contributed by atoms with E-state index in [1.807, 2.05) is 19.9 Å². The van der Waals surface area contributed by atoms with Crippen LogP contribution < -0.4 is 5.32 Å². The number of carbonyl (C=O) groups is 2. The SMILES string of the molecule is COC(=O)[C@@H](CC=C(C)C)NC(=O)CC1CCCC1. The molecule has 0 saturated heterocycles. The van der Waals surface area contributed by atoms with Crippen molar-refractivity contribution in [3.63, 3.8) is 0 Å². The quantitative estimate of drug-likeness (QED) is 0.594. The van der Waals surface area contributed by atoms with Gasteiger partial charge in [0.05, 0.1) is 7.11 Å². The van der Waals surface area contributed by atoms with Crippen molar-refractivity contribution in [1.29, 1.82) is 0 Å². The Labute approximate surface area is 115 Å². The van der Waals surface area contributed by atoms with Crippen LogP contribution in [0.4, 0.5) is 0 Å². The first-order valence-electron chi connectivity index (χ1n) is 7.03. The molecule has 0 aromatic carbocycles. The molecule has 0 heterocycles. The molecule has 1 aliphatic carbocycles. The summed E-state index contributed by atoms with van der Waals surface area (Å²) in [6.07, 6.45) is 7.66. The Morgan fingerprint density at radius 1 is 1.32 bits per heavy atom. The third-order valence-corrected chi connectivity index (χ3v) is 3.53. The van der Waals surface area contributed by atoms with Crippen LogP contribution >= 0.6 is 0 Å². The lowest BCUT2D eigenvalue weighted by molar-refractivity contribution is -0.145. The van der Waals surface area contributed by atoms with Gasteiger partial charge in [-0.05, 0) is 39.0 Å². The van der Waals surface area contributed by atoms with Gasteiger partial charge in [0.15, 0.2) is 0 Å². The van der Waals surface area contributed by atoms with E-state index in [1.54, 1.807) is 0 Å². The van der Waals surface area contributed by atoms with E-state index in [9.17, 15) is 9.59 Å². The molecule has 1 saturated carbocycles. The molecule has 1 amide bonds. The molecule has 1 rings (SSSR count). The van der Waals surface area contributed by atoms with E-state index in [-0.39, 0.29) is 11.9 Å². The highest BCUT2D eigenvalue weighted by Gasteiger charge is 2.23. The molecule has 0 aromatic heterocycles. The number of nitrogens with one attached hydrogen (secondary N) is 1. The molecule has 0 spiro atoms. The van der Waals surface area contributed by atoms with Crippen LogP contribution in [-0.4, -0.2) is 25.0 Å². The lowest BCUT2D eigenvalue weighted by Gasteiger charge is -2.16. The fraction of sp³-hybridized carbons (Fsp3) is 0.733. The predicted molar refractivity (Wildman–Crippen MR) is 74.6 cm³/mol. The fourth-order valence-electron chi connectivity index (χ4n) is 2.44. The molecule has 4 heteroatoms. The fourth-order valence-corrected chi connectivity index (χ4v) is 2.44. The van der Waals surface area contributed by atoms with Crippen molar-refractivity contribution in [3.05, 3.63) is 11.6 Å². The summed E-state index contributed by atoms with van der Waals surface area (Å²) < 4.78 is 4.73. The summed E-state index contributed by atoms with van der Waals surface area (Å²) in [6, 6.07) is -0.561. The molecule has 19 heavy (non-hydrogen) atoms. The Balaban J connectivity index is 2.48. The molecule has 1 atom stereocenters. The second kappa shape index (κ2) is 7.97. The Bertz CT molecular complexity index is 339. The minimum absolute atomic E-state index is 0.0375. The van der Waals surface area contributed by atoms with Gasteiger partial charge in [0.25, 0.3) is 0 Å². The van der Waals surface area contributed by atoms with E-state index in [0.29, 0.717) is 18.8 Å². The molecule has 1 N–H and O–H groups in total. The summed E-state index contributed by atoms with van der Waals surface area (Å²) in [5.41, 5.74) is 1.12. The van der Waals surface area contributed by atoms with E-state index in [1.165, 1.54) is 20.0 Å². The summed E-state index contributed by atoms with van der Waals surface area (Å²) in [5.74, 6) is 0.0727. The zero-order valence-electron chi connectivity index (χ0n) is 12.2. The van der Waals surface area contributed by atoms with E-state index in [2.05, 4.69) is 5.32 Å². The molecule has 0 aromatic rings. The smallest absolute Gasteiger partial charge is 0.328 e. The largest absolute Gasteiger partial charge is 0.467 e. The van der Waals surface area contributed by atoms with Gasteiger partial charge in [-0.2, -0.15) is 0 Å². The van der Waals surface area contributed by atoms with E-state index in [4.69, 9.17) is 4.74 Å². The van der Waals surface area contributed by atoms with Crippen LogP contribution in [-0.2, 0) is 14.3 Å². The number of ether oxygens (including phenoxy) is 1. The number of hydrogen-bond donors (Lipinski definition) is 1. The zero-order valence-corrected chi connectivity index (χ0v) is 12.2. The summed E-state index contributed by atoms with van der Waals surface area (Å²) in [5, 5.41) is 2.79. The van der Waals surface area contributed by atoms with Gasteiger partial charge in [-0.25, -0.2) is 4.79 Å². The van der Waals surface area contributed by atoms with Gasteiger partial charge in [-0.1, -0.05) is 24.5 Å². The summed E-state index contributed by atoms with van der Waals surface area (Å²) in [4.78, 5) is 23.6. The monoisotopic (exact) mass is 267 g/mol. The average Bonchev–Trinajstić information content (AvgIpc) is 2.85. The Morgan fingerprint density at radius 3 is 2.47 bits per heavy atom. The lowest BCUT2D eigenvalue weighted by Crippen LogP contribution is -2.41. The molecule has 1 fully saturated rings. The van der Waals surface area contributed by atoms with Gasteiger partial charge in [0.1, 0.15) is 6.04 Å². The van der Waals surface area contributed by atoms with E-state index in [0.717, 1.165) is 18.4 Å². The van der Waals surface area contributed by atoms with Crippen molar-refractivity contribution >= 4 is 11.9 Å². The van der Waals surface area contributed by atoms with Crippen LogP contribution in [0.3, 0.4) is 0 Å². The molecule has 0 bridgehead atoms. The Hall–Kier alpha value is -1.32. The number of carbonyl (C=O) groups excluding carboxylic acids is 2. The Kier molecular flexibility index (Phi) is 6.60. The summed E-state index contributed by atoms with van der Waals surface area (Å²) in [6.45, 7) is 3.93. The number of allylic oxidation sites excluding steroid dienone is 1. The van der Waals surface area contributed by atoms with Crippen molar-refractivity contribution < 1.29 is 14.3 Å². The third kappa shape index (κ3) is 5.90. The highest BCUT2D eigenvalue weighted by atomic mass is 16.5. The van der Waals surface area contributed by atoms with Gasteiger partial charge in [-0.15, -0.1) is 0 Å². The van der Waals surface area contributed by atoms with Crippen molar-refractivity contribution in [2.24, 2.45) is 5.92 Å². The topological polar surface area (TPSA) is 55.4 Å². The van der Waals surface area contributed by atoms with Gasteiger partial charge in [0, 0.05) is 6.42 Å². The number of amides is 1. The number of methoxy groups -OCH3 is 1. The maximum absolute atomic E-state index is 11.9. The van der Waals surface area contributed by atoms with Crippen molar-refractivity contribution in [3.8, 4) is 0 Å². The number of rotatable bonds is 6. The molecule has 4 nitrogen and oxygen atoms in total.